The maximum absolute atomic E-state index is 12.7. The van der Waals surface area contributed by atoms with E-state index in [0.717, 1.165) is 22.1 Å². The minimum atomic E-state index is -0.581. The van der Waals surface area contributed by atoms with Crippen molar-refractivity contribution in [3.63, 3.8) is 0 Å². The number of nitrogens with one attached hydrogen (secondary N) is 1. The fourth-order valence-corrected chi connectivity index (χ4v) is 3.23. The molecule has 0 heterocycles. The second kappa shape index (κ2) is 8.05. The molecule has 0 spiro atoms. The summed E-state index contributed by atoms with van der Waals surface area (Å²) in [6.07, 6.45) is -0.581. The van der Waals surface area contributed by atoms with E-state index in [0.29, 0.717) is 0 Å². The lowest BCUT2D eigenvalue weighted by atomic mass is 9.86. The van der Waals surface area contributed by atoms with Gasteiger partial charge in [-0.25, -0.2) is 0 Å². The van der Waals surface area contributed by atoms with Gasteiger partial charge in [0.15, 0.2) is 6.10 Å². The highest BCUT2D eigenvalue weighted by molar-refractivity contribution is 5.89. The fourth-order valence-electron chi connectivity index (χ4n) is 3.23. The topological polar surface area (TPSA) is 38.3 Å². The molecule has 0 saturated carbocycles. The predicted octanol–water partition coefficient (Wildman–Crippen LogP) is 5.78. The van der Waals surface area contributed by atoms with Crippen molar-refractivity contribution in [2.45, 2.75) is 52.2 Å². The van der Waals surface area contributed by atoms with Crippen LogP contribution in [0.5, 0.6) is 5.75 Å². The van der Waals surface area contributed by atoms with Gasteiger partial charge in [-0.2, -0.15) is 0 Å². The quantitative estimate of drug-likeness (QED) is 0.614. The summed E-state index contributed by atoms with van der Waals surface area (Å²) in [5.74, 6) is 0.600. The third-order valence-corrected chi connectivity index (χ3v) is 5.06. The Morgan fingerprint density at radius 1 is 0.893 bits per heavy atom. The molecular weight excluding hydrogens is 346 g/mol. The van der Waals surface area contributed by atoms with Crippen molar-refractivity contribution in [1.29, 1.82) is 0 Å². The number of fused-ring (bicyclic) bond motifs is 1. The van der Waals surface area contributed by atoms with E-state index in [9.17, 15) is 4.79 Å². The standard InChI is InChI=1S/C25H29NO2/c1-17(19-13-15-21(16-14-19)25(3,4)5)26-24(27)18(2)28-23-12-8-10-20-9-6-7-11-22(20)23/h6-18H,1-5H3,(H,26,27)/t17-,18-/m0/s1. The molecule has 28 heavy (non-hydrogen) atoms. The number of carbonyl (C=O) groups is 1. The van der Waals surface area contributed by atoms with Crippen LogP contribution in [0.25, 0.3) is 10.8 Å². The second-order valence-corrected chi connectivity index (χ2v) is 8.34. The van der Waals surface area contributed by atoms with Gasteiger partial charge < -0.3 is 10.1 Å². The molecule has 3 nitrogen and oxygen atoms in total. The molecule has 0 aliphatic carbocycles. The first-order valence-corrected chi connectivity index (χ1v) is 9.81. The molecule has 3 heteroatoms. The van der Waals surface area contributed by atoms with Crippen LogP contribution in [-0.2, 0) is 10.2 Å². The van der Waals surface area contributed by atoms with Gasteiger partial charge in [0, 0.05) is 5.39 Å². The molecular formula is C25H29NO2. The average Bonchev–Trinajstić information content (AvgIpc) is 2.67. The van der Waals surface area contributed by atoms with Crippen LogP contribution in [0.1, 0.15) is 51.8 Å². The van der Waals surface area contributed by atoms with Crippen molar-refractivity contribution >= 4 is 16.7 Å². The maximum Gasteiger partial charge on any atom is 0.261 e. The van der Waals surface area contributed by atoms with E-state index in [2.05, 4.69) is 50.4 Å². The maximum atomic E-state index is 12.7. The Balaban J connectivity index is 1.66. The molecule has 3 rings (SSSR count). The summed E-state index contributed by atoms with van der Waals surface area (Å²) in [4.78, 5) is 12.7. The SMILES string of the molecule is C[C@H](Oc1cccc2ccccc12)C(=O)N[C@@H](C)c1ccc(C(C)(C)C)cc1. The molecule has 0 aliphatic heterocycles. The van der Waals surface area contributed by atoms with E-state index in [-0.39, 0.29) is 17.4 Å². The van der Waals surface area contributed by atoms with Crippen molar-refractivity contribution < 1.29 is 9.53 Å². The first-order chi connectivity index (χ1) is 13.3. The molecule has 2 atom stereocenters. The van der Waals surface area contributed by atoms with Crippen LogP contribution in [0, 0.1) is 0 Å². The zero-order valence-corrected chi connectivity index (χ0v) is 17.3. The Kier molecular flexibility index (Phi) is 5.73. The van der Waals surface area contributed by atoms with Crippen molar-refractivity contribution in [3.8, 4) is 5.75 Å². The number of ether oxygens (including phenoxy) is 1. The highest BCUT2D eigenvalue weighted by Gasteiger charge is 2.19. The van der Waals surface area contributed by atoms with Crippen LogP contribution < -0.4 is 10.1 Å². The molecule has 0 aromatic heterocycles. The molecule has 0 aliphatic rings. The third kappa shape index (κ3) is 4.53. The van der Waals surface area contributed by atoms with E-state index < -0.39 is 6.10 Å². The van der Waals surface area contributed by atoms with Gasteiger partial charge >= 0.3 is 0 Å². The Labute approximate surface area is 167 Å². The largest absolute Gasteiger partial charge is 0.480 e. The molecule has 146 valence electrons. The third-order valence-electron chi connectivity index (χ3n) is 5.06. The molecule has 1 amide bonds. The summed E-state index contributed by atoms with van der Waals surface area (Å²) < 4.78 is 5.98. The Bertz CT molecular complexity index is 949. The number of rotatable bonds is 5. The van der Waals surface area contributed by atoms with Crippen LogP contribution in [0.2, 0.25) is 0 Å². The average molecular weight is 376 g/mol. The molecule has 1 N–H and O–H groups in total. The van der Waals surface area contributed by atoms with Gasteiger partial charge in [0.1, 0.15) is 5.75 Å². The summed E-state index contributed by atoms with van der Waals surface area (Å²) in [6, 6.07) is 22.3. The molecule has 0 radical (unpaired) electrons. The van der Waals surface area contributed by atoms with Crippen LogP contribution >= 0.6 is 0 Å². The van der Waals surface area contributed by atoms with Crippen LogP contribution in [0.4, 0.5) is 0 Å². The van der Waals surface area contributed by atoms with Crippen LogP contribution in [0.15, 0.2) is 66.7 Å². The Morgan fingerprint density at radius 3 is 2.21 bits per heavy atom. The minimum absolute atomic E-state index is 0.0833. The second-order valence-electron chi connectivity index (χ2n) is 8.34. The summed E-state index contributed by atoms with van der Waals surface area (Å²) in [7, 11) is 0. The number of amides is 1. The lowest BCUT2D eigenvalue weighted by Crippen LogP contribution is -2.37. The monoisotopic (exact) mass is 375 g/mol. The molecule has 0 fully saturated rings. The first kappa shape index (κ1) is 19.9. The number of hydrogen-bond acceptors (Lipinski definition) is 2. The number of benzene rings is 3. The summed E-state index contributed by atoms with van der Waals surface area (Å²) in [5, 5.41) is 5.17. The van der Waals surface area contributed by atoms with Gasteiger partial charge in [-0.05, 0) is 41.8 Å². The predicted molar refractivity (Wildman–Crippen MR) is 116 cm³/mol. The van der Waals surface area contributed by atoms with E-state index >= 15 is 0 Å². The zero-order valence-electron chi connectivity index (χ0n) is 17.3. The van der Waals surface area contributed by atoms with Crippen molar-refractivity contribution in [2.75, 3.05) is 0 Å². The van der Waals surface area contributed by atoms with E-state index in [4.69, 9.17) is 4.74 Å². The van der Waals surface area contributed by atoms with Gasteiger partial charge in [0.25, 0.3) is 5.91 Å². The smallest absolute Gasteiger partial charge is 0.261 e. The lowest BCUT2D eigenvalue weighted by molar-refractivity contribution is -0.127. The van der Waals surface area contributed by atoms with E-state index in [1.165, 1.54) is 5.56 Å². The van der Waals surface area contributed by atoms with Crippen molar-refractivity contribution in [2.24, 2.45) is 0 Å². The summed E-state index contributed by atoms with van der Waals surface area (Å²) in [6.45, 7) is 10.4. The molecule has 0 unspecified atom stereocenters. The first-order valence-electron chi connectivity index (χ1n) is 9.81. The van der Waals surface area contributed by atoms with Crippen LogP contribution in [0.3, 0.4) is 0 Å². The van der Waals surface area contributed by atoms with Crippen molar-refractivity contribution in [1.82, 2.24) is 5.32 Å². The summed E-state index contributed by atoms with van der Waals surface area (Å²) in [5.41, 5.74) is 2.48. The van der Waals surface area contributed by atoms with E-state index in [1.807, 2.05) is 49.4 Å². The van der Waals surface area contributed by atoms with Crippen molar-refractivity contribution in [3.05, 3.63) is 77.9 Å². The Hall–Kier alpha value is -2.81. The Morgan fingerprint density at radius 2 is 1.54 bits per heavy atom. The number of hydrogen-bond donors (Lipinski definition) is 1. The molecule has 0 bridgehead atoms. The molecule has 3 aromatic rings. The molecule has 3 aromatic carbocycles. The van der Waals surface area contributed by atoms with Gasteiger partial charge in [-0.15, -0.1) is 0 Å². The highest BCUT2D eigenvalue weighted by Crippen LogP contribution is 2.27. The van der Waals surface area contributed by atoms with Gasteiger partial charge in [-0.1, -0.05) is 81.4 Å². The normalized spacial score (nSPS) is 13.8. The summed E-state index contributed by atoms with van der Waals surface area (Å²) >= 11 is 0. The van der Waals surface area contributed by atoms with Gasteiger partial charge in [0.2, 0.25) is 0 Å². The lowest BCUT2D eigenvalue weighted by Gasteiger charge is -2.22. The fraction of sp³-hybridized carbons (Fsp3) is 0.320. The number of carbonyl (C=O) groups excluding carboxylic acids is 1. The van der Waals surface area contributed by atoms with E-state index in [1.54, 1.807) is 6.92 Å². The van der Waals surface area contributed by atoms with Crippen LogP contribution in [-0.4, -0.2) is 12.0 Å². The highest BCUT2D eigenvalue weighted by atomic mass is 16.5. The molecule has 0 saturated heterocycles. The van der Waals surface area contributed by atoms with Gasteiger partial charge in [0.05, 0.1) is 6.04 Å². The zero-order chi connectivity index (χ0) is 20.3. The minimum Gasteiger partial charge on any atom is -0.480 e. The van der Waals surface area contributed by atoms with Gasteiger partial charge in [-0.3, -0.25) is 4.79 Å².